The highest BCUT2D eigenvalue weighted by molar-refractivity contribution is 9.09. The van der Waals surface area contributed by atoms with Crippen molar-refractivity contribution in [2.24, 2.45) is 0 Å². The summed E-state index contributed by atoms with van der Waals surface area (Å²) in [6.07, 6.45) is 0.533. The van der Waals surface area contributed by atoms with Gasteiger partial charge in [-0.1, -0.05) is 39.7 Å². The normalized spacial score (nSPS) is 10.1. The quantitative estimate of drug-likeness (QED) is 0.837. The van der Waals surface area contributed by atoms with Crippen molar-refractivity contribution < 1.29 is 4.79 Å². The number of amides is 1. The molecule has 3 heteroatoms. The molecule has 1 aromatic carbocycles. The molecule has 0 bridgehead atoms. The van der Waals surface area contributed by atoms with Crippen LogP contribution in [0.25, 0.3) is 0 Å². The van der Waals surface area contributed by atoms with Gasteiger partial charge in [-0.2, -0.15) is 0 Å². The van der Waals surface area contributed by atoms with Crippen LogP contribution in [0.2, 0.25) is 0 Å². The Morgan fingerprint density at radius 2 is 2.13 bits per heavy atom. The number of halogens is 1. The van der Waals surface area contributed by atoms with Crippen LogP contribution in [0.5, 0.6) is 0 Å². The van der Waals surface area contributed by atoms with Gasteiger partial charge in [0.15, 0.2) is 0 Å². The van der Waals surface area contributed by atoms with Crippen molar-refractivity contribution >= 4 is 21.8 Å². The first-order valence-corrected chi connectivity index (χ1v) is 6.14. The SMILES string of the molecule is Cc1ccc(CNC(=O)CCBr)c(C)c1. The molecule has 82 valence electrons. The molecule has 0 aliphatic carbocycles. The molecular weight excluding hydrogens is 254 g/mol. The van der Waals surface area contributed by atoms with Gasteiger partial charge in [-0.3, -0.25) is 4.79 Å². The Bertz CT molecular complexity index is 349. The summed E-state index contributed by atoms with van der Waals surface area (Å²) in [5, 5.41) is 3.61. The fraction of sp³-hybridized carbons (Fsp3) is 0.417. The predicted molar refractivity (Wildman–Crippen MR) is 66.2 cm³/mol. The Kier molecular flexibility index (Phi) is 4.82. The topological polar surface area (TPSA) is 29.1 Å². The van der Waals surface area contributed by atoms with Gasteiger partial charge < -0.3 is 5.32 Å². The second-order valence-electron chi connectivity index (χ2n) is 3.65. The van der Waals surface area contributed by atoms with Gasteiger partial charge in [-0.15, -0.1) is 0 Å². The molecule has 0 radical (unpaired) electrons. The van der Waals surface area contributed by atoms with E-state index < -0.39 is 0 Å². The van der Waals surface area contributed by atoms with Crippen molar-refractivity contribution in [2.45, 2.75) is 26.8 Å². The number of benzene rings is 1. The molecule has 0 unspecified atom stereocenters. The van der Waals surface area contributed by atoms with Crippen molar-refractivity contribution in [3.8, 4) is 0 Å². The molecule has 0 saturated carbocycles. The first-order chi connectivity index (χ1) is 7.13. The lowest BCUT2D eigenvalue weighted by Crippen LogP contribution is -2.23. The second-order valence-corrected chi connectivity index (χ2v) is 4.44. The van der Waals surface area contributed by atoms with E-state index in [-0.39, 0.29) is 5.91 Å². The second kappa shape index (κ2) is 5.91. The van der Waals surface area contributed by atoms with Crippen molar-refractivity contribution in [1.29, 1.82) is 0 Å². The lowest BCUT2D eigenvalue weighted by atomic mass is 10.1. The number of alkyl halides is 1. The maximum absolute atomic E-state index is 11.3. The molecular formula is C12H16BrNO. The molecule has 1 N–H and O–H groups in total. The summed E-state index contributed by atoms with van der Waals surface area (Å²) in [5.74, 6) is 0.0897. The highest BCUT2D eigenvalue weighted by Crippen LogP contribution is 2.10. The van der Waals surface area contributed by atoms with E-state index in [1.165, 1.54) is 16.7 Å². The summed E-state index contributed by atoms with van der Waals surface area (Å²) in [7, 11) is 0. The van der Waals surface area contributed by atoms with E-state index in [1.807, 2.05) is 0 Å². The fourth-order valence-electron chi connectivity index (χ4n) is 1.41. The number of rotatable bonds is 4. The molecule has 1 amide bonds. The van der Waals surface area contributed by atoms with Crippen molar-refractivity contribution in [2.75, 3.05) is 5.33 Å². The zero-order chi connectivity index (χ0) is 11.3. The van der Waals surface area contributed by atoms with Gasteiger partial charge in [0.1, 0.15) is 0 Å². The number of carbonyl (C=O) groups is 1. The van der Waals surface area contributed by atoms with E-state index in [0.29, 0.717) is 18.3 Å². The molecule has 0 spiro atoms. The molecule has 1 aromatic rings. The maximum atomic E-state index is 11.3. The fourth-order valence-corrected chi connectivity index (χ4v) is 1.77. The molecule has 0 aliphatic heterocycles. The van der Waals surface area contributed by atoms with Crippen molar-refractivity contribution in [3.63, 3.8) is 0 Å². The molecule has 0 aromatic heterocycles. The van der Waals surface area contributed by atoms with E-state index in [2.05, 4.69) is 53.3 Å². The monoisotopic (exact) mass is 269 g/mol. The number of hydrogen-bond donors (Lipinski definition) is 1. The van der Waals surface area contributed by atoms with Crippen molar-refractivity contribution in [3.05, 3.63) is 34.9 Å². The standard InChI is InChI=1S/C12H16BrNO/c1-9-3-4-11(10(2)7-9)8-14-12(15)5-6-13/h3-4,7H,5-6,8H2,1-2H3,(H,14,15). The minimum atomic E-state index is 0.0897. The highest BCUT2D eigenvalue weighted by Gasteiger charge is 2.02. The lowest BCUT2D eigenvalue weighted by molar-refractivity contribution is -0.120. The summed E-state index contributed by atoms with van der Waals surface area (Å²) in [4.78, 5) is 11.3. The molecule has 2 nitrogen and oxygen atoms in total. The Balaban J connectivity index is 2.54. The van der Waals surface area contributed by atoms with Crippen LogP contribution < -0.4 is 5.32 Å². The summed E-state index contributed by atoms with van der Waals surface area (Å²) in [5.41, 5.74) is 3.67. The average Bonchev–Trinajstić information content (AvgIpc) is 2.17. The van der Waals surface area contributed by atoms with Crippen LogP contribution in [0.3, 0.4) is 0 Å². The molecule has 0 saturated heterocycles. The maximum Gasteiger partial charge on any atom is 0.221 e. The molecule has 1 rings (SSSR count). The third kappa shape index (κ3) is 4.04. The minimum absolute atomic E-state index is 0.0897. The van der Waals surface area contributed by atoms with Gasteiger partial charge in [-0.25, -0.2) is 0 Å². The number of carbonyl (C=O) groups excluding carboxylic acids is 1. The number of hydrogen-bond acceptors (Lipinski definition) is 1. The smallest absolute Gasteiger partial charge is 0.221 e. The van der Waals surface area contributed by atoms with E-state index in [4.69, 9.17) is 0 Å². The molecule has 0 fully saturated rings. The van der Waals surface area contributed by atoms with Crippen molar-refractivity contribution in [1.82, 2.24) is 5.32 Å². The summed E-state index contributed by atoms with van der Waals surface area (Å²) in [6, 6.07) is 6.27. The number of nitrogens with one attached hydrogen (secondary N) is 1. The Morgan fingerprint density at radius 1 is 1.40 bits per heavy atom. The highest BCUT2D eigenvalue weighted by atomic mass is 79.9. The first kappa shape index (κ1) is 12.2. The van der Waals surface area contributed by atoms with Gasteiger partial charge in [0.2, 0.25) is 5.91 Å². The van der Waals surface area contributed by atoms with E-state index >= 15 is 0 Å². The summed E-state index contributed by atoms with van der Waals surface area (Å²) >= 11 is 3.24. The zero-order valence-corrected chi connectivity index (χ0v) is 10.7. The largest absolute Gasteiger partial charge is 0.352 e. The predicted octanol–water partition coefficient (Wildman–Crippen LogP) is 2.70. The van der Waals surface area contributed by atoms with Crippen LogP contribution in [-0.2, 0) is 11.3 Å². The lowest BCUT2D eigenvalue weighted by Gasteiger charge is -2.08. The van der Waals surface area contributed by atoms with Crippen LogP contribution in [0, 0.1) is 13.8 Å². The van der Waals surface area contributed by atoms with E-state index in [9.17, 15) is 4.79 Å². The van der Waals surface area contributed by atoms with Crippen LogP contribution in [0.1, 0.15) is 23.1 Å². The van der Waals surface area contributed by atoms with Gasteiger partial charge in [0, 0.05) is 18.3 Å². The first-order valence-electron chi connectivity index (χ1n) is 5.02. The van der Waals surface area contributed by atoms with Gasteiger partial charge in [0.25, 0.3) is 0 Å². The average molecular weight is 270 g/mol. The molecule has 0 atom stereocenters. The molecule has 0 aliphatic rings. The molecule has 15 heavy (non-hydrogen) atoms. The van der Waals surface area contributed by atoms with Crippen LogP contribution >= 0.6 is 15.9 Å². The van der Waals surface area contributed by atoms with Gasteiger partial charge in [-0.05, 0) is 25.0 Å². The van der Waals surface area contributed by atoms with Gasteiger partial charge >= 0.3 is 0 Å². The van der Waals surface area contributed by atoms with E-state index in [1.54, 1.807) is 0 Å². The Morgan fingerprint density at radius 3 is 2.73 bits per heavy atom. The number of aryl methyl sites for hydroxylation is 2. The Hall–Kier alpha value is -0.830. The van der Waals surface area contributed by atoms with Crippen LogP contribution in [0.4, 0.5) is 0 Å². The third-order valence-electron chi connectivity index (χ3n) is 2.30. The van der Waals surface area contributed by atoms with Gasteiger partial charge in [0.05, 0.1) is 0 Å². The zero-order valence-electron chi connectivity index (χ0n) is 9.14. The third-order valence-corrected chi connectivity index (χ3v) is 2.69. The molecule has 0 heterocycles. The van der Waals surface area contributed by atoms with E-state index in [0.717, 1.165) is 0 Å². The Labute approximate surface area is 99.2 Å². The summed E-state index contributed by atoms with van der Waals surface area (Å²) in [6.45, 7) is 4.76. The van der Waals surface area contributed by atoms with Crippen LogP contribution in [-0.4, -0.2) is 11.2 Å². The minimum Gasteiger partial charge on any atom is -0.352 e. The summed E-state index contributed by atoms with van der Waals surface area (Å²) < 4.78 is 0. The van der Waals surface area contributed by atoms with Crippen LogP contribution in [0.15, 0.2) is 18.2 Å².